The number of hydrogen-bond donors (Lipinski definition) is 2. The molecule has 0 bridgehead atoms. The summed E-state index contributed by atoms with van der Waals surface area (Å²) in [5, 5.41) is 27.0. The van der Waals surface area contributed by atoms with Gasteiger partial charge in [0.2, 0.25) is 0 Å². The molecule has 5 nitrogen and oxygen atoms in total. The predicted molar refractivity (Wildman–Crippen MR) is 37.4 cm³/mol. The Morgan fingerprint density at radius 2 is 2.10 bits per heavy atom. The van der Waals surface area contributed by atoms with E-state index in [1.807, 2.05) is 0 Å². The molecule has 0 saturated carbocycles. The molecule has 0 amide bonds. The van der Waals surface area contributed by atoms with Gasteiger partial charge in [-0.15, -0.1) is 0 Å². The van der Waals surface area contributed by atoms with Gasteiger partial charge in [-0.05, 0) is 0 Å². The van der Waals surface area contributed by atoms with E-state index in [9.17, 15) is 10.1 Å². The third kappa shape index (κ3) is 2.20. The molecule has 0 saturated heterocycles. The van der Waals surface area contributed by atoms with Crippen LogP contribution >= 0.6 is 15.9 Å². The first-order valence-corrected chi connectivity index (χ1v) is 3.41. The van der Waals surface area contributed by atoms with Crippen LogP contribution in [0.3, 0.4) is 0 Å². The monoisotopic (exact) mass is 213 g/mol. The van der Waals surface area contributed by atoms with Crippen LogP contribution in [-0.2, 0) is 0 Å². The molecule has 0 heterocycles. The minimum atomic E-state index is -1.57. The predicted octanol–water partition coefficient (Wildman–Crippen LogP) is -0.271. The van der Waals surface area contributed by atoms with E-state index < -0.39 is 16.0 Å². The summed E-state index contributed by atoms with van der Waals surface area (Å²) < 4.78 is -1.57. The van der Waals surface area contributed by atoms with Gasteiger partial charge in [-0.2, -0.15) is 0 Å². The number of rotatable bonds is 4. The van der Waals surface area contributed by atoms with Gasteiger partial charge in [0.05, 0.1) is 13.0 Å². The van der Waals surface area contributed by atoms with Crippen LogP contribution in [-0.4, -0.2) is 32.8 Å². The van der Waals surface area contributed by atoms with Crippen molar-refractivity contribution < 1.29 is 15.1 Å². The fourth-order valence-electron chi connectivity index (χ4n) is 0.399. The highest BCUT2D eigenvalue weighted by molar-refractivity contribution is 9.10. The van der Waals surface area contributed by atoms with Crippen LogP contribution in [0, 0.1) is 10.1 Å². The topological polar surface area (TPSA) is 83.6 Å². The maximum atomic E-state index is 10.1. The van der Waals surface area contributed by atoms with Gasteiger partial charge in [-0.1, -0.05) is 0 Å². The van der Waals surface area contributed by atoms with Crippen molar-refractivity contribution in [3.63, 3.8) is 0 Å². The van der Waals surface area contributed by atoms with Gasteiger partial charge < -0.3 is 10.2 Å². The highest BCUT2D eigenvalue weighted by atomic mass is 79.9. The summed E-state index contributed by atoms with van der Waals surface area (Å²) in [6, 6.07) is 0. The van der Waals surface area contributed by atoms with E-state index in [4.69, 9.17) is 10.2 Å². The summed E-state index contributed by atoms with van der Waals surface area (Å²) in [7, 11) is 0. The van der Waals surface area contributed by atoms with Crippen molar-refractivity contribution in [3.8, 4) is 0 Å². The maximum absolute atomic E-state index is 10.1. The number of alkyl halides is 1. The normalized spacial score (nSPS) is 16.3. The Labute approximate surface area is 65.9 Å². The standard InChI is InChI=1S/C4H8BrNO4/c5-4(3-8,1-2-7)6(9)10/h7-8H,1-3H2. The first-order chi connectivity index (χ1) is 4.56. The molecule has 10 heavy (non-hydrogen) atoms. The van der Waals surface area contributed by atoms with Crippen molar-refractivity contribution in [3.05, 3.63) is 10.1 Å². The molecule has 0 radical (unpaired) electrons. The van der Waals surface area contributed by atoms with Gasteiger partial charge in [-0.3, -0.25) is 10.1 Å². The Bertz CT molecular complexity index is 130. The number of aliphatic hydroxyl groups is 2. The summed E-state index contributed by atoms with van der Waals surface area (Å²) in [6.07, 6.45) is -0.101. The van der Waals surface area contributed by atoms with Crippen molar-refractivity contribution in [1.29, 1.82) is 0 Å². The molecule has 1 atom stereocenters. The molecule has 0 aromatic heterocycles. The average molecular weight is 214 g/mol. The van der Waals surface area contributed by atoms with E-state index >= 15 is 0 Å². The number of halogens is 1. The minimum Gasteiger partial charge on any atom is -0.396 e. The molecular formula is C4H8BrNO4. The molecule has 0 aliphatic carbocycles. The molecule has 0 aliphatic rings. The van der Waals surface area contributed by atoms with E-state index in [-0.39, 0.29) is 13.0 Å². The summed E-state index contributed by atoms with van der Waals surface area (Å²) in [6.45, 7) is -0.951. The van der Waals surface area contributed by atoms with Crippen LogP contribution in [0.15, 0.2) is 0 Å². The molecule has 0 spiro atoms. The molecule has 0 aromatic carbocycles. The van der Waals surface area contributed by atoms with Gasteiger partial charge in [0.1, 0.15) is 6.61 Å². The molecule has 2 N–H and O–H groups in total. The van der Waals surface area contributed by atoms with Gasteiger partial charge in [0.25, 0.3) is 4.45 Å². The zero-order chi connectivity index (χ0) is 8.20. The zero-order valence-electron chi connectivity index (χ0n) is 5.16. The molecule has 0 rings (SSSR count). The Hall–Kier alpha value is -0.200. The van der Waals surface area contributed by atoms with Crippen LogP contribution in [0.4, 0.5) is 0 Å². The molecule has 60 valence electrons. The average Bonchev–Trinajstić information content (AvgIpc) is 1.88. The van der Waals surface area contributed by atoms with E-state index in [1.165, 1.54) is 0 Å². The van der Waals surface area contributed by atoms with E-state index in [0.29, 0.717) is 0 Å². The molecule has 1 unspecified atom stereocenters. The third-order valence-corrected chi connectivity index (χ3v) is 2.00. The Morgan fingerprint density at radius 1 is 1.60 bits per heavy atom. The van der Waals surface area contributed by atoms with E-state index in [0.717, 1.165) is 0 Å². The van der Waals surface area contributed by atoms with E-state index in [2.05, 4.69) is 15.9 Å². The van der Waals surface area contributed by atoms with E-state index in [1.54, 1.807) is 0 Å². The quantitative estimate of drug-likeness (QED) is 0.292. The SMILES string of the molecule is O=[N+]([O-])C(Br)(CO)CCO. The molecule has 6 heteroatoms. The number of hydrogen-bond acceptors (Lipinski definition) is 4. The van der Waals surface area contributed by atoms with Crippen LogP contribution in [0.1, 0.15) is 6.42 Å². The van der Waals surface area contributed by atoms with Crippen LogP contribution < -0.4 is 0 Å². The zero-order valence-corrected chi connectivity index (χ0v) is 6.74. The molecule has 0 fully saturated rings. The van der Waals surface area contributed by atoms with Crippen molar-refractivity contribution in [2.24, 2.45) is 0 Å². The van der Waals surface area contributed by atoms with Gasteiger partial charge >= 0.3 is 0 Å². The number of aliphatic hydroxyl groups excluding tert-OH is 2. The largest absolute Gasteiger partial charge is 0.396 e. The van der Waals surface area contributed by atoms with Gasteiger partial charge in [-0.25, -0.2) is 0 Å². The van der Waals surface area contributed by atoms with Crippen molar-refractivity contribution in [1.82, 2.24) is 0 Å². The van der Waals surface area contributed by atoms with Crippen LogP contribution in [0.5, 0.6) is 0 Å². The Morgan fingerprint density at radius 3 is 2.20 bits per heavy atom. The summed E-state index contributed by atoms with van der Waals surface area (Å²) in [5.74, 6) is 0. The first kappa shape index (κ1) is 9.80. The highest BCUT2D eigenvalue weighted by Gasteiger charge is 2.38. The molecule has 0 aliphatic heterocycles. The number of nitro groups is 1. The fourth-order valence-corrected chi connectivity index (χ4v) is 0.577. The van der Waals surface area contributed by atoms with Crippen molar-refractivity contribution in [2.75, 3.05) is 13.2 Å². The second-order valence-electron chi connectivity index (χ2n) is 1.81. The minimum absolute atomic E-state index is 0.101. The Balaban J connectivity index is 4.08. The lowest BCUT2D eigenvalue weighted by molar-refractivity contribution is -0.540. The summed E-state index contributed by atoms with van der Waals surface area (Å²) in [5.41, 5.74) is 0. The lowest BCUT2D eigenvalue weighted by Gasteiger charge is -2.13. The van der Waals surface area contributed by atoms with Gasteiger partial charge in [0, 0.05) is 20.9 Å². The highest BCUT2D eigenvalue weighted by Crippen LogP contribution is 2.21. The molecule has 0 aromatic rings. The fraction of sp³-hybridized carbons (Fsp3) is 1.00. The van der Waals surface area contributed by atoms with Crippen LogP contribution in [0.25, 0.3) is 0 Å². The lowest BCUT2D eigenvalue weighted by atomic mass is 10.2. The second-order valence-corrected chi connectivity index (χ2v) is 3.28. The number of nitrogens with zero attached hydrogens (tertiary/aromatic N) is 1. The van der Waals surface area contributed by atoms with Crippen molar-refractivity contribution >= 4 is 15.9 Å². The van der Waals surface area contributed by atoms with Gasteiger partial charge in [0.15, 0.2) is 0 Å². The molecular weight excluding hydrogens is 206 g/mol. The smallest absolute Gasteiger partial charge is 0.299 e. The van der Waals surface area contributed by atoms with Crippen molar-refractivity contribution in [2.45, 2.75) is 10.9 Å². The third-order valence-electron chi connectivity index (χ3n) is 1.06. The summed E-state index contributed by atoms with van der Waals surface area (Å²) >= 11 is 2.70. The summed E-state index contributed by atoms with van der Waals surface area (Å²) in [4.78, 5) is 9.47. The second kappa shape index (κ2) is 3.85. The first-order valence-electron chi connectivity index (χ1n) is 2.62. The van der Waals surface area contributed by atoms with Crippen LogP contribution in [0.2, 0.25) is 0 Å². The lowest BCUT2D eigenvalue weighted by Crippen LogP contribution is -2.36. The Kier molecular flexibility index (Phi) is 3.77. The maximum Gasteiger partial charge on any atom is 0.299 e.